The molecular weight excluding hydrogens is 433 g/mol. The number of rotatable bonds is 3. The average Bonchev–Trinajstić information content (AvgIpc) is 2.72. The van der Waals surface area contributed by atoms with Crippen LogP contribution in [0.2, 0.25) is 0 Å². The van der Waals surface area contributed by atoms with Crippen LogP contribution in [-0.2, 0) is 10.1 Å². The molecule has 0 radical (unpaired) electrons. The zero-order valence-corrected chi connectivity index (χ0v) is 19.8. The van der Waals surface area contributed by atoms with Crippen molar-refractivity contribution >= 4 is 55.3 Å². The van der Waals surface area contributed by atoms with E-state index in [0.29, 0.717) is 32.5 Å². The fraction of sp³-hybridized carbons (Fsp3) is 0.158. The van der Waals surface area contributed by atoms with E-state index in [4.69, 9.17) is 0 Å². The van der Waals surface area contributed by atoms with Gasteiger partial charge in [-0.1, -0.05) is 30.8 Å². The van der Waals surface area contributed by atoms with Crippen LogP contribution in [0.1, 0.15) is 24.2 Å². The number of aromatic nitrogens is 4. The van der Waals surface area contributed by atoms with Crippen LogP contribution >= 0.6 is 11.8 Å². The van der Waals surface area contributed by atoms with Crippen molar-refractivity contribution in [1.82, 2.24) is 19.9 Å². The van der Waals surface area contributed by atoms with E-state index >= 15 is 0 Å². The zero-order chi connectivity index (χ0) is 20.2. The molecule has 5 rings (SSSR count). The second-order valence-electron chi connectivity index (χ2n) is 6.55. The third-order valence-corrected chi connectivity index (χ3v) is 7.42. The minimum absolute atomic E-state index is 0. The third kappa shape index (κ3) is 3.37. The normalized spacial score (nSPS) is 13.8. The number of hydrogen-bond donors (Lipinski definition) is 1. The largest absolute Gasteiger partial charge is 1.00 e. The molecule has 8 nitrogen and oxygen atoms in total. The van der Waals surface area contributed by atoms with Crippen molar-refractivity contribution < 1.29 is 42.5 Å². The molecular formula is C19H14N5NaO3S2. The summed E-state index contributed by atoms with van der Waals surface area (Å²) in [5.74, 6) is 0. The van der Waals surface area contributed by atoms with Crippen molar-refractivity contribution in [2.75, 3.05) is 5.32 Å². The van der Waals surface area contributed by atoms with Gasteiger partial charge in [-0.3, -0.25) is 19.9 Å². The molecule has 0 bridgehead atoms. The summed E-state index contributed by atoms with van der Waals surface area (Å²) >= 11 is 1.38. The number of nitrogens with one attached hydrogen (secondary N) is 1. The Kier molecular flexibility index (Phi) is 5.73. The summed E-state index contributed by atoms with van der Waals surface area (Å²) in [6.07, 6.45) is 6.61. The fourth-order valence-corrected chi connectivity index (χ4v) is 5.90. The van der Waals surface area contributed by atoms with Crippen LogP contribution in [0.25, 0.3) is 22.1 Å². The smallest absolute Gasteiger partial charge is 0.747 e. The van der Waals surface area contributed by atoms with E-state index in [1.54, 1.807) is 43.8 Å². The standard InChI is InChI=1S/C19H15N5O3S2.Na/c1-2-12(29(25,26)27)10-4-3-5-11-18(10)28-19-16-14(21-8-9-23-16)13-15(17(19)24-11)22-7-6-20-13;/h3-9,12,24H,2H2,1H3,(H,25,26,27);/q;+1/p-1. The van der Waals surface area contributed by atoms with Crippen LogP contribution < -0.4 is 34.9 Å². The first-order chi connectivity index (χ1) is 14.0. The Balaban J connectivity index is 0.00000218. The van der Waals surface area contributed by atoms with Gasteiger partial charge in [-0.25, -0.2) is 8.42 Å². The first-order valence-electron chi connectivity index (χ1n) is 8.89. The van der Waals surface area contributed by atoms with Gasteiger partial charge in [-0.2, -0.15) is 0 Å². The minimum atomic E-state index is -4.50. The Morgan fingerprint density at radius 2 is 1.57 bits per heavy atom. The molecule has 2 aromatic carbocycles. The molecule has 1 aliphatic rings. The summed E-state index contributed by atoms with van der Waals surface area (Å²) < 4.78 is 35.6. The average molecular weight is 447 g/mol. The predicted octanol–water partition coefficient (Wildman–Crippen LogP) is 0.782. The molecule has 0 aliphatic carbocycles. The monoisotopic (exact) mass is 447 g/mol. The fourth-order valence-electron chi connectivity index (χ4n) is 3.65. The molecule has 1 unspecified atom stereocenters. The van der Waals surface area contributed by atoms with Crippen LogP contribution in [0.4, 0.5) is 11.4 Å². The molecule has 4 aromatic rings. The Morgan fingerprint density at radius 1 is 0.967 bits per heavy atom. The van der Waals surface area contributed by atoms with Gasteiger partial charge in [-0.15, -0.1) is 0 Å². The predicted molar refractivity (Wildman–Crippen MR) is 109 cm³/mol. The minimum Gasteiger partial charge on any atom is -0.747 e. The zero-order valence-electron chi connectivity index (χ0n) is 16.2. The van der Waals surface area contributed by atoms with E-state index in [2.05, 4.69) is 25.3 Å². The molecule has 0 fully saturated rings. The number of nitrogens with zero attached hydrogens (tertiary/aromatic N) is 4. The van der Waals surface area contributed by atoms with E-state index in [1.807, 2.05) is 6.07 Å². The molecule has 0 saturated heterocycles. The van der Waals surface area contributed by atoms with Crippen LogP contribution in [-0.4, -0.2) is 32.9 Å². The topological polar surface area (TPSA) is 121 Å². The number of fused-ring (bicyclic) bond motifs is 7. The number of benzene rings is 2. The van der Waals surface area contributed by atoms with Crippen molar-refractivity contribution in [3.8, 4) is 0 Å². The van der Waals surface area contributed by atoms with Crippen molar-refractivity contribution in [2.24, 2.45) is 0 Å². The van der Waals surface area contributed by atoms with Gasteiger partial charge >= 0.3 is 29.6 Å². The number of anilines is 2. The Morgan fingerprint density at radius 3 is 2.20 bits per heavy atom. The van der Waals surface area contributed by atoms with Gasteiger partial charge in [-0.05, 0) is 18.1 Å². The molecule has 0 amide bonds. The summed E-state index contributed by atoms with van der Waals surface area (Å²) in [6, 6.07) is 5.29. The first kappa shape index (κ1) is 21.4. The molecule has 3 heterocycles. The van der Waals surface area contributed by atoms with Gasteiger partial charge in [0.2, 0.25) is 0 Å². The molecule has 30 heavy (non-hydrogen) atoms. The molecule has 1 N–H and O–H groups in total. The molecule has 1 aliphatic heterocycles. The van der Waals surface area contributed by atoms with Gasteiger partial charge < -0.3 is 9.87 Å². The second-order valence-corrected chi connectivity index (χ2v) is 9.13. The summed E-state index contributed by atoms with van der Waals surface area (Å²) in [5.41, 5.74) is 4.50. The van der Waals surface area contributed by atoms with Crippen LogP contribution in [0.3, 0.4) is 0 Å². The maximum atomic E-state index is 11.9. The summed E-state index contributed by atoms with van der Waals surface area (Å²) in [4.78, 5) is 19.3. The molecule has 0 spiro atoms. The molecule has 11 heteroatoms. The van der Waals surface area contributed by atoms with Crippen molar-refractivity contribution in [3.05, 3.63) is 48.5 Å². The van der Waals surface area contributed by atoms with Crippen LogP contribution in [0, 0.1) is 0 Å². The van der Waals surface area contributed by atoms with E-state index in [1.165, 1.54) is 11.8 Å². The van der Waals surface area contributed by atoms with Gasteiger partial charge in [0.1, 0.15) is 32.2 Å². The Labute approximate surface area is 199 Å². The van der Waals surface area contributed by atoms with E-state index < -0.39 is 15.4 Å². The van der Waals surface area contributed by atoms with Crippen molar-refractivity contribution in [3.63, 3.8) is 0 Å². The van der Waals surface area contributed by atoms with E-state index in [0.717, 1.165) is 16.3 Å². The molecule has 146 valence electrons. The summed E-state index contributed by atoms with van der Waals surface area (Å²) in [7, 11) is -4.50. The molecule has 2 aromatic heterocycles. The molecule has 0 saturated carbocycles. The third-order valence-electron chi connectivity index (χ3n) is 4.88. The quantitative estimate of drug-likeness (QED) is 0.243. The van der Waals surface area contributed by atoms with Gasteiger partial charge in [0.05, 0.1) is 21.5 Å². The summed E-state index contributed by atoms with van der Waals surface area (Å²) in [5, 5.41) is 2.24. The van der Waals surface area contributed by atoms with Crippen LogP contribution in [0.15, 0.2) is 52.8 Å². The molecule has 1 atom stereocenters. The first-order valence-corrected chi connectivity index (χ1v) is 11.2. The maximum Gasteiger partial charge on any atom is 1.00 e. The van der Waals surface area contributed by atoms with Gasteiger partial charge in [0, 0.05) is 29.7 Å². The van der Waals surface area contributed by atoms with Crippen molar-refractivity contribution in [1.29, 1.82) is 0 Å². The Bertz CT molecular complexity index is 1400. The summed E-state index contributed by atoms with van der Waals surface area (Å²) in [6.45, 7) is 1.69. The second kappa shape index (κ2) is 8.03. The Hall–Kier alpha value is -1.82. The number of hydrogen-bond acceptors (Lipinski definition) is 9. The van der Waals surface area contributed by atoms with E-state index in [9.17, 15) is 13.0 Å². The van der Waals surface area contributed by atoms with Gasteiger partial charge in [0.15, 0.2) is 0 Å². The van der Waals surface area contributed by atoms with Gasteiger partial charge in [0.25, 0.3) is 0 Å². The SMILES string of the molecule is CCC(c1cccc2c1Sc1c(c3nccnc3c3nccnc13)N2)S(=O)(=O)[O-].[Na+]. The van der Waals surface area contributed by atoms with Crippen molar-refractivity contribution in [2.45, 2.75) is 28.4 Å². The van der Waals surface area contributed by atoms with E-state index in [-0.39, 0.29) is 36.0 Å². The van der Waals surface area contributed by atoms with Crippen LogP contribution in [0.5, 0.6) is 0 Å². The maximum absolute atomic E-state index is 11.9.